The second-order valence-electron chi connectivity index (χ2n) is 10.2. The number of hydrogen-bond donors (Lipinski definition) is 1. The summed E-state index contributed by atoms with van der Waals surface area (Å²) in [6.07, 6.45) is -0.414. The summed E-state index contributed by atoms with van der Waals surface area (Å²) >= 11 is 0. The standard InChI is InChI=1S/C22H32BFN2O6/c1-20(2,3)30-19(28)26-11-15(12-26)25-18(27)13-29-17-9-8-14(10-16(17)24)23-31-21(4,5)22(6,7)32-23/h8-10,15H,11-13H2,1-7H3,(H,25,27). The molecule has 1 aromatic rings. The third-order valence-electron chi connectivity index (χ3n) is 5.74. The lowest BCUT2D eigenvalue weighted by Crippen LogP contribution is -2.62. The van der Waals surface area contributed by atoms with Crippen LogP contribution in [0.25, 0.3) is 0 Å². The number of benzene rings is 1. The van der Waals surface area contributed by atoms with Gasteiger partial charge in [0.05, 0.1) is 17.2 Å². The Bertz CT molecular complexity index is 864. The van der Waals surface area contributed by atoms with Crippen LogP contribution >= 0.6 is 0 Å². The first kappa shape index (κ1) is 24.3. The molecule has 2 heterocycles. The molecule has 32 heavy (non-hydrogen) atoms. The Balaban J connectivity index is 1.46. The van der Waals surface area contributed by atoms with E-state index in [-0.39, 0.29) is 18.4 Å². The Kier molecular flexibility index (Phi) is 6.50. The predicted octanol–water partition coefficient (Wildman–Crippen LogP) is 2.24. The van der Waals surface area contributed by atoms with Crippen molar-refractivity contribution in [3.63, 3.8) is 0 Å². The first-order valence-electron chi connectivity index (χ1n) is 10.7. The Morgan fingerprint density at radius 3 is 2.31 bits per heavy atom. The number of amides is 2. The number of rotatable bonds is 5. The van der Waals surface area contributed by atoms with Crippen molar-refractivity contribution in [2.45, 2.75) is 71.3 Å². The van der Waals surface area contributed by atoms with Gasteiger partial charge in [-0.05, 0) is 66.1 Å². The fourth-order valence-corrected chi connectivity index (χ4v) is 3.22. The van der Waals surface area contributed by atoms with Gasteiger partial charge < -0.3 is 29.0 Å². The van der Waals surface area contributed by atoms with Crippen LogP contribution in [0, 0.1) is 5.82 Å². The minimum atomic E-state index is -0.682. The van der Waals surface area contributed by atoms with E-state index in [0.717, 1.165) is 0 Å². The third-order valence-corrected chi connectivity index (χ3v) is 5.74. The predicted molar refractivity (Wildman–Crippen MR) is 117 cm³/mol. The number of halogens is 1. The summed E-state index contributed by atoms with van der Waals surface area (Å²) < 4.78 is 37.0. The number of likely N-dealkylation sites (tertiary alicyclic amines) is 1. The van der Waals surface area contributed by atoms with E-state index in [1.165, 1.54) is 17.0 Å². The molecule has 0 radical (unpaired) electrons. The number of carbonyl (C=O) groups excluding carboxylic acids is 2. The first-order valence-corrected chi connectivity index (χ1v) is 10.7. The molecule has 3 rings (SSSR count). The molecule has 1 aromatic carbocycles. The fraction of sp³-hybridized carbons (Fsp3) is 0.636. The smallest absolute Gasteiger partial charge is 0.481 e. The highest BCUT2D eigenvalue weighted by molar-refractivity contribution is 6.62. The molecule has 2 saturated heterocycles. The van der Waals surface area contributed by atoms with E-state index in [0.29, 0.717) is 18.6 Å². The summed E-state index contributed by atoms with van der Waals surface area (Å²) in [6, 6.07) is 4.22. The van der Waals surface area contributed by atoms with Crippen LogP contribution in [0.5, 0.6) is 5.75 Å². The molecule has 2 aliphatic heterocycles. The van der Waals surface area contributed by atoms with Crippen LogP contribution in [0.4, 0.5) is 9.18 Å². The van der Waals surface area contributed by atoms with Gasteiger partial charge in [-0.3, -0.25) is 4.79 Å². The maximum atomic E-state index is 14.5. The van der Waals surface area contributed by atoms with Crippen LogP contribution in [0.2, 0.25) is 0 Å². The summed E-state index contributed by atoms with van der Waals surface area (Å²) in [4.78, 5) is 25.5. The van der Waals surface area contributed by atoms with Crippen molar-refractivity contribution in [1.82, 2.24) is 10.2 Å². The van der Waals surface area contributed by atoms with Crippen molar-refractivity contribution >= 4 is 24.6 Å². The molecule has 0 bridgehead atoms. The molecule has 2 amide bonds. The molecule has 0 saturated carbocycles. The van der Waals surface area contributed by atoms with Crippen molar-refractivity contribution in [2.75, 3.05) is 19.7 Å². The van der Waals surface area contributed by atoms with Gasteiger partial charge in [-0.2, -0.15) is 0 Å². The maximum Gasteiger partial charge on any atom is 0.494 e. The van der Waals surface area contributed by atoms with Gasteiger partial charge in [0, 0.05) is 13.1 Å². The van der Waals surface area contributed by atoms with Gasteiger partial charge in [-0.25, -0.2) is 9.18 Å². The van der Waals surface area contributed by atoms with E-state index in [1.54, 1.807) is 26.8 Å². The fourth-order valence-electron chi connectivity index (χ4n) is 3.22. The highest BCUT2D eigenvalue weighted by atomic mass is 19.1. The molecule has 0 aromatic heterocycles. The molecule has 0 spiro atoms. The van der Waals surface area contributed by atoms with Crippen molar-refractivity contribution in [1.29, 1.82) is 0 Å². The first-order chi connectivity index (χ1) is 14.7. The number of nitrogens with one attached hydrogen (secondary N) is 1. The van der Waals surface area contributed by atoms with Crippen LogP contribution in [0.1, 0.15) is 48.5 Å². The minimum absolute atomic E-state index is 0.0376. The Morgan fingerprint density at radius 2 is 1.78 bits per heavy atom. The number of nitrogens with zero attached hydrogens (tertiary/aromatic N) is 1. The second-order valence-corrected chi connectivity index (χ2v) is 10.2. The average molecular weight is 450 g/mol. The second kappa shape index (κ2) is 8.55. The lowest BCUT2D eigenvalue weighted by atomic mass is 9.79. The van der Waals surface area contributed by atoms with Crippen LogP contribution in [-0.4, -0.2) is 66.6 Å². The van der Waals surface area contributed by atoms with Crippen molar-refractivity contribution < 1.29 is 32.8 Å². The van der Waals surface area contributed by atoms with Crippen LogP contribution in [0.15, 0.2) is 18.2 Å². The number of carbonyl (C=O) groups is 2. The minimum Gasteiger partial charge on any atom is -0.481 e. The summed E-state index contributed by atoms with van der Waals surface area (Å²) in [5.41, 5.74) is -1.08. The van der Waals surface area contributed by atoms with Crippen LogP contribution in [-0.2, 0) is 18.8 Å². The van der Waals surface area contributed by atoms with Crippen LogP contribution < -0.4 is 15.5 Å². The quantitative estimate of drug-likeness (QED) is 0.693. The summed E-state index contributed by atoms with van der Waals surface area (Å²) in [5, 5.41) is 2.75. The Hall–Kier alpha value is -2.33. The largest absolute Gasteiger partial charge is 0.494 e. The Labute approximate surface area is 188 Å². The van der Waals surface area contributed by atoms with Gasteiger partial charge in [0.1, 0.15) is 5.60 Å². The molecule has 0 unspecified atom stereocenters. The third kappa shape index (κ3) is 5.53. The molecule has 2 fully saturated rings. The highest BCUT2D eigenvalue weighted by Crippen LogP contribution is 2.36. The highest BCUT2D eigenvalue weighted by Gasteiger charge is 2.51. The lowest BCUT2D eigenvalue weighted by molar-refractivity contribution is -0.125. The Morgan fingerprint density at radius 1 is 1.19 bits per heavy atom. The van der Waals surface area contributed by atoms with Gasteiger partial charge in [0.15, 0.2) is 18.2 Å². The number of hydrogen-bond acceptors (Lipinski definition) is 6. The summed E-state index contributed by atoms with van der Waals surface area (Å²) in [7, 11) is -0.682. The van der Waals surface area contributed by atoms with Gasteiger partial charge in [0.25, 0.3) is 5.91 Å². The van der Waals surface area contributed by atoms with Crippen LogP contribution in [0.3, 0.4) is 0 Å². The topological polar surface area (TPSA) is 86.3 Å². The summed E-state index contributed by atoms with van der Waals surface area (Å²) in [5.74, 6) is -1.04. The zero-order chi connectivity index (χ0) is 23.9. The van der Waals surface area contributed by atoms with Gasteiger partial charge in [-0.15, -0.1) is 0 Å². The molecule has 176 valence electrons. The van der Waals surface area contributed by atoms with Crippen molar-refractivity contribution in [2.24, 2.45) is 0 Å². The van der Waals surface area contributed by atoms with E-state index in [4.69, 9.17) is 18.8 Å². The summed E-state index contributed by atoms with van der Waals surface area (Å²) in [6.45, 7) is 13.5. The monoisotopic (exact) mass is 450 g/mol. The molecular weight excluding hydrogens is 418 g/mol. The molecule has 0 atom stereocenters. The number of ether oxygens (including phenoxy) is 2. The zero-order valence-corrected chi connectivity index (χ0v) is 19.8. The van der Waals surface area contributed by atoms with E-state index in [2.05, 4.69) is 5.32 Å². The van der Waals surface area contributed by atoms with Crippen molar-refractivity contribution in [3.05, 3.63) is 24.0 Å². The molecular formula is C22H32BFN2O6. The van der Waals surface area contributed by atoms with Gasteiger partial charge in [-0.1, -0.05) is 6.07 Å². The van der Waals surface area contributed by atoms with E-state index >= 15 is 0 Å². The average Bonchev–Trinajstić information content (AvgIpc) is 2.82. The maximum absolute atomic E-state index is 14.5. The van der Waals surface area contributed by atoms with E-state index in [9.17, 15) is 14.0 Å². The molecule has 8 nitrogen and oxygen atoms in total. The van der Waals surface area contributed by atoms with Gasteiger partial charge >= 0.3 is 13.2 Å². The van der Waals surface area contributed by atoms with Gasteiger partial charge in [0.2, 0.25) is 0 Å². The zero-order valence-electron chi connectivity index (χ0n) is 19.8. The normalized spacial score (nSPS) is 20.0. The van der Waals surface area contributed by atoms with E-state index in [1.807, 2.05) is 27.7 Å². The lowest BCUT2D eigenvalue weighted by Gasteiger charge is -2.39. The molecule has 0 aliphatic carbocycles. The molecule has 2 aliphatic rings. The van der Waals surface area contributed by atoms with E-state index < -0.39 is 41.7 Å². The van der Waals surface area contributed by atoms with Crippen molar-refractivity contribution in [3.8, 4) is 5.75 Å². The SMILES string of the molecule is CC(C)(C)OC(=O)N1CC(NC(=O)COc2ccc(B3OC(C)(C)C(C)(C)O3)cc2F)C1. The molecule has 10 heteroatoms. The molecule has 1 N–H and O–H groups in total.